The van der Waals surface area contributed by atoms with Crippen molar-refractivity contribution in [3.63, 3.8) is 0 Å². The third-order valence-corrected chi connectivity index (χ3v) is 5.81. The predicted octanol–water partition coefficient (Wildman–Crippen LogP) is 2.46. The molecule has 0 aliphatic heterocycles. The summed E-state index contributed by atoms with van der Waals surface area (Å²) in [7, 11) is 3.37. The molecule has 0 heterocycles. The number of hydrogen-bond acceptors (Lipinski definition) is 4. The van der Waals surface area contributed by atoms with E-state index in [-0.39, 0.29) is 0 Å². The molecule has 2 aromatic rings. The maximum Gasteiger partial charge on any atom is 0.330 e. The molecule has 0 atom stereocenters. The fraction of sp³-hybridized carbons (Fsp3) is 0.545. The summed E-state index contributed by atoms with van der Waals surface area (Å²) in [5.41, 5.74) is -1.46. The first-order chi connectivity index (χ1) is 12.6. The molecule has 0 fully saturated rings. The van der Waals surface area contributed by atoms with Crippen molar-refractivity contribution in [3.05, 3.63) is 36.4 Å². The maximum atomic E-state index is 10.2. The second kappa shape index (κ2) is 7.83. The molecule has 4 nitrogen and oxygen atoms in total. The zero-order valence-corrected chi connectivity index (χ0v) is 18.3. The average Bonchev–Trinajstić information content (AvgIpc) is 2.56. The summed E-state index contributed by atoms with van der Waals surface area (Å²) in [5.74, 6) is 0. The molecule has 0 aliphatic carbocycles. The Morgan fingerprint density at radius 2 is 0.929 bits per heavy atom. The van der Waals surface area contributed by atoms with Crippen molar-refractivity contribution in [1.29, 1.82) is 0 Å². The Morgan fingerprint density at radius 3 is 1.21 bits per heavy atom. The van der Waals surface area contributed by atoms with Gasteiger partial charge in [-0.1, -0.05) is 47.3 Å². The van der Waals surface area contributed by atoms with Gasteiger partial charge in [0.2, 0.25) is 0 Å². The molecule has 2 aromatic carbocycles. The third kappa shape index (κ3) is 5.38. The second-order valence-electron chi connectivity index (χ2n) is 9.48. The molecule has 0 spiro atoms. The van der Waals surface area contributed by atoms with E-state index in [1.807, 2.05) is 64.1 Å². The van der Waals surface area contributed by atoms with Gasteiger partial charge < -0.3 is 19.5 Å². The zero-order chi connectivity index (χ0) is 21.4. The molecule has 0 aliphatic rings. The molecular weight excluding hydrogens is 350 g/mol. The topological polar surface area (TPSA) is 58.9 Å². The quantitative estimate of drug-likeness (QED) is 0.689. The summed E-state index contributed by atoms with van der Waals surface area (Å²) in [5, 5.41) is 22.6. The van der Waals surface area contributed by atoms with Gasteiger partial charge in [0.15, 0.2) is 0 Å². The number of fused-ring (bicyclic) bond motifs is 1. The van der Waals surface area contributed by atoms with Gasteiger partial charge in [-0.05, 0) is 66.2 Å². The maximum absolute atomic E-state index is 10.2. The largest absolute Gasteiger partial charge is 0.427 e. The van der Waals surface area contributed by atoms with Gasteiger partial charge in [0, 0.05) is 0 Å². The van der Waals surface area contributed by atoms with Crippen LogP contribution in [0.25, 0.3) is 10.8 Å². The lowest BCUT2D eigenvalue weighted by Gasteiger charge is -2.37. The van der Waals surface area contributed by atoms with E-state index in [9.17, 15) is 10.2 Å². The number of rotatable bonds is 8. The lowest BCUT2D eigenvalue weighted by atomic mass is 9.80. The third-order valence-electron chi connectivity index (χ3n) is 5.81. The van der Waals surface area contributed by atoms with Crippen LogP contribution in [0.5, 0.6) is 0 Å². The molecule has 28 heavy (non-hydrogen) atoms. The first-order valence-electron chi connectivity index (χ1n) is 9.63. The van der Waals surface area contributed by atoms with Crippen LogP contribution in [0, 0.1) is 0 Å². The Hall–Kier alpha value is -1.33. The van der Waals surface area contributed by atoms with Crippen LogP contribution in [0.3, 0.4) is 0 Å². The molecule has 0 amide bonds. The van der Waals surface area contributed by atoms with E-state index in [1.54, 1.807) is 42.7 Å². The van der Waals surface area contributed by atoms with Gasteiger partial charge in [-0.2, -0.15) is 0 Å². The Kier molecular flexibility index (Phi) is 6.42. The lowest BCUT2D eigenvalue weighted by Crippen LogP contribution is -2.49. The molecule has 6 heteroatoms. The fourth-order valence-electron chi connectivity index (χ4n) is 2.15. The van der Waals surface area contributed by atoms with Crippen molar-refractivity contribution >= 4 is 36.7 Å². The minimum absolute atomic E-state index is 0.703. The van der Waals surface area contributed by atoms with Gasteiger partial charge in [0.1, 0.15) is 0 Å². The van der Waals surface area contributed by atoms with E-state index in [4.69, 9.17) is 9.31 Å². The van der Waals surface area contributed by atoms with E-state index in [1.165, 1.54) is 0 Å². The molecule has 0 bridgehead atoms. The van der Waals surface area contributed by atoms with Crippen LogP contribution in [-0.4, -0.2) is 47.6 Å². The highest BCUT2D eigenvalue weighted by Gasteiger charge is 2.36. The van der Waals surface area contributed by atoms with E-state index in [2.05, 4.69) is 0 Å². The highest BCUT2D eigenvalue weighted by molar-refractivity contribution is 6.48. The summed E-state index contributed by atoms with van der Waals surface area (Å²) >= 11 is 0. The summed E-state index contributed by atoms with van der Waals surface area (Å²) in [6.07, 6.45) is 0. The van der Waals surface area contributed by atoms with Crippen LogP contribution in [0.1, 0.15) is 55.4 Å². The minimum Gasteiger partial charge on any atom is -0.427 e. The fourth-order valence-corrected chi connectivity index (χ4v) is 2.15. The molecule has 0 saturated heterocycles. The van der Waals surface area contributed by atoms with E-state index in [0.29, 0.717) is 0 Å². The molecule has 0 unspecified atom stereocenters. The molecule has 0 saturated carbocycles. The van der Waals surface area contributed by atoms with Gasteiger partial charge in [-0.15, -0.1) is 0 Å². The Balaban J connectivity index is 2.10. The van der Waals surface area contributed by atoms with Crippen molar-refractivity contribution in [3.8, 4) is 0 Å². The van der Waals surface area contributed by atoms with Crippen molar-refractivity contribution in [2.45, 2.75) is 77.8 Å². The van der Waals surface area contributed by atoms with Crippen molar-refractivity contribution < 1.29 is 19.5 Å². The van der Waals surface area contributed by atoms with E-state index < -0.39 is 22.4 Å². The Labute approximate surface area is 170 Å². The summed E-state index contributed by atoms with van der Waals surface area (Å²) < 4.78 is 11.7. The second-order valence-corrected chi connectivity index (χ2v) is 9.48. The van der Waals surface area contributed by atoms with E-state index >= 15 is 0 Å². The number of aliphatic hydroxyl groups is 2. The van der Waals surface area contributed by atoms with Crippen LogP contribution in [0.15, 0.2) is 36.4 Å². The van der Waals surface area contributed by atoms with Crippen molar-refractivity contribution in [2.75, 3.05) is 0 Å². The SMILES string of the molecule is CC(C)(O)C(C)(C)O[B]c1ccc2cc([B]OC(C)(C)C(C)(C)O)ccc2c1. The van der Waals surface area contributed by atoms with Gasteiger partial charge in [0.25, 0.3) is 0 Å². The van der Waals surface area contributed by atoms with Gasteiger partial charge >= 0.3 is 15.0 Å². The monoisotopic (exact) mass is 382 g/mol. The molecule has 2 N–H and O–H groups in total. The highest BCUT2D eigenvalue weighted by Crippen LogP contribution is 2.25. The van der Waals surface area contributed by atoms with Gasteiger partial charge in [-0.25, -0.2) is 0 Å². The van der Waals surface area contributed by atoms with Crippen LogP contribution in [-0.2, 0) is 9.31 Å². The van der Waals surface area contributed by atoms with Crippen LogP contribution >= 0.6 is 0 Å². The Bertz CT molecular complexity index is 748. The summed E-state index contributed by atoms with van der Waals surface area (Å²) in [6, 6.07) is 12.1. The highest BCUT2D eigenvalue weighted by atomic mass is 16.5. The molecule has 0 aromatic heterocycles. The average molecular weight is 382 g/mol. The first kappa shape index (κ1) is 23.0. The zero-order valence-electron chi connectivity index (χ0n) is 18.3. The normalized spacial score (nSPS) is 13.6. The van der Waals surface area contributed by atoms with Gasteiger partial charge in [-0.3, -0.25) is 0 Å². The predicted molar refractivity (Wildman–Crippen MR) is 118 cm³/mol. The molecule has 2 rings (SSSR count). The van der Waals surface area contributed by atoms with Gasteiger partial charge in [0.05, 0.1) is 22.4 Å². The first-order valence-corrected chi connectivity index (χ1v) is 9.63. The van der Waals surface area contributed by atoms with Crippen LogP contribution < -0.4 is 10.9 Å². The van der Waals surface area contributed by atoms with Crippen molar-refractivity contribution in [1.82, 2.24) is 0 Å². The van der Waals surface area contributed by atoms with Crippen LogP contribution in [0.2, 0.25) is 0 Å². The van der Waals surface area contributed by atoms with Crippen LogP contribution in [0.4, 0.5) is 0 Å². The number of benzene rings is 2. The molecule has 2 radical (unpaired) electrons. The standard InChI is InChI=1S/C22H32B2O4/c1-19(2,25)21(5,6)27-23-17-11-9-16-14-18(12-10-15(16)13-17)24-28-22(7,8)20(3,4)26/h9-14,25-26H,1-8H3. The van der Waals surface area contributed by atoms with Crippen molar-refractivity contribution in [2.24, 2.45) is 0 Å². The summed E-state index contributed by atoms with van der Waals surface area (Å²) in [4.78, 5) is 0. The van der Waals surface area contributed by atoms with E-state index in [0.717, 1.165) is 21.7 Å². The lowest BCUT2D eigenvalue weighted by molar-refractivity contribution is -0.0893. The minimum atomic E-state index is -0.956. The summed E-state index contributed by atoms with van der Waals surface area (Å²) in [6.45, 7) is 14.4. The molecule has 150 valence electrons. The molecular formula is C22H32B2O4. The smallest absolute Gasteiger partial charge is 0.330 e. The number of hydrogen-bond donors (Lipinski definition) is 2. The Morgan fingerprint density at radius 1 is 0.607 bits per heavy atom.